The molecule has 6 heteroatoms. The van der Waals surface area contributed by atoms with Crippen LogP contribution in [0.1, 0.15) is 42.6 Å². The Morgan fingerprint density at radius 2 is 2.00 bits per heavy atom. The van der Waals surface area contributed by atoms with E-state index >= 15 is 0 Å². The van der Waals surface area contributed by atoms with Gasteiger partial charge in [0.2, 0.25) is 0 Å². The highest BCUT2D eigenvalue weighted by Gasteiger charge is 2.36. The van der Waals surface area contributed by atoms with E-state index in [2.05, 4.69) is 5.32 Å². The van der Waals surface area contributed by atoms with Crippen molar-refractivity contribution in [1.29, 1.82) is 0 Å². The van der Waals surface area contributed by atoms with Crippen LogP contribution >= 0.6 is 0 Å². The molecule has 1 N–H and O–H groups in total. The first-order valence-electron chi connectivity index (χ1n) is 7.51. The van der Waals surface area contributed by atoms with Gasteiger partial charge in [0, 0.05) is 12.0 Å². The first-order chi connectivity index (χ1) is 10.3. The Kier molecular flexibility index (Phi) is 4.81. The number of esters is 1. The Labute approximate surface area is 130 Å². The van der Waals surface area contributed by atoms with E-state index in [9.17, 15) is 14.9 Å². The lowest BCUT2D eigenvalue weighted by atomic mass is 9.83. The fraction of sp³-hybridized carbons (Fsp3) is 0.562. The molecular formula is C16H22N2O4. The molecule has 1 saturated heterocycles. The normalized spacial score (nSPS) is 16.3. The summed E-state index contributed by atoms with van der Waals surface area (Å²) in [5, 5.41) is 14.4. The number of nitrogens with zero attached hydrogens (tertiary/aromatic N) is 1. The van der Waals surface area contributed by atoms with Gasteiger partial charge >= 0.3 is 5.97 Å². The molecule has 0 aliphatic carbocycles. The molecule has 0 unspecified atom stereocenters. The molecule has 1 fully saturated rings. The van der Waals surface area contributed by atoms with Crippen molar-refractivity contribution in [3.63, 3.8) is 0 Å². The van der Waals surface area contributed by atoms with Crippen molar-refractivity contribution in [1.82, 2.24) is 5.32 Å². The Bertz CT molecular complexity index is 578. The molecule has 0 saturated carbocycles. The zero-order valence-corrected chi connectivity index (χ0v) is 13.2. The fourth-order valence-electron chi connectivity index (χ4n) is 2.96. The van der Waals surface area contributed by atoms with Crippen molar-refractivity contribution in [2.24, 2.45) is 5.92 Å². The molecule has 1 aromatic rings. The minimum absolute atomic E-state index is 0.0505. The van der Waals surface area contributed by atoms with E-state index in [1.54, 1.807) is 19.1 Å². The largest absolute Gasteiger partial charge is 0.456 e. The zero-order valence-electron chi connectivity index (χ0n) is 13.2. The summed E-state index contributed by atoms with van der Waals surface area (Å²) in [6.45, 7) is 7.24. The maximum absolute atomic E-state index is 12.5. The van der Waals surface area contributed by atoms with E-state index < -0.39 is 16.5 Å². The molecule has 1 aromatic carbocycles. The molecule has 2 rings (SSSR count). The SMILES string of the molecule is Cc1cccc([N+](=O)[O-])c1C(=O)OC(C)(C)C1CCNCC1. The number of hydrogen-bond donors (Lipinski definition) is 1. The van der Waals surface area contributed by atoms with Crippen LogP contribution in [-0.2, 0) is 4.74 Å². The molecule has 0 radical (unpaired) electrons. The minimum Gasteiger partial charge on any atom is -0.456 e. The van der Waals surface area contributed by atoms with Crippen LogP contribution in [0.3, 0.4) is 0 Å². The van der Waals surface area contributed by atoms with Gasteiger partial charge in [0.05, 0.1) is 4.92 Å². The van der Waals surface area contributed by atoms with Crippen LogP contribution in [0.15, 0.2) is 18.2 Å². The van der Waals surface area contributed by atoms with Crippen molar-refractivity contribution >= 4 is 11.7 Å². The zero-order chi connectivity index (χ0) is 16.3. The molecule has 1 aliphatic rings. The lowest BCUT2D eigenvalue weighted by molar-refractivity contribution is -0.385. The third-order valence-electron chi connectivity index (χ3n) is 4.33. The molecule has 0 spiro atoms. The summed E-state index contributed by atoms with van der Waals surface area (Å²) in [5.41, 5.74) is -0.240. The van der Waals surface area contributed by atoms with Gasteiger partial charge in [-0.05, 0) is 52.3 Å². The Morgan fingerprint density at radius 3 is 2.59 bits per heavy atom. The number of nitrogens with one attached hydrogen (secondary N) is 1. The molecule has 0 atom stereocenters. The van der Waals surface area contributed by atoms with Gasteiger partial charge in [-0.25, -0.2) is 4.79 Å². The minimum atomic E-state index is -0.644. The van der Waals surface area contributed by atoms with E-state index in [4.69, 9.17) is 4.74 Å². The third-order valence-corrected chi connectivity index (χ3v) is 4.33. The average Bonchev–Trinajstić information content (AvgIpc) is 2.47. The van der Waals surface area contributed by atoms with Gasteiger partial charge in [-0.1, -0.05) is 12.1 Å². The number of benzene rings is 1. The van der Waals surface area contributed by atoms with Gasteiger partial charge in [0.25, 0.3) is 5.69 Å². The highest BCUT2D eigenvalue weighted by Crippen LogP contribution is 2.31. The molecule has 1 heterocycles. The molecule has 6 nitrogen and oxygen atoms in total. The van der Waals surface area contributed by atoms with Crippen LogP contribution in [0.5, 0.6) is 0 Å². The van der Waals surface area contributed by atoms with Gasteiger partial charge in [0.1, 0.15) is 11.2 Å². The lowest BCUT2D eigenvalue weighted by Crippen LogP contribution is -2.42. The molecular weight excluding hydrogens is 284 g/mol. The summed E-state index contributed by atoms with van der Waals surface area (Å²) in [7, 11) is 0. The lowest BCUT2D eigenvalue weighted by Gasteiger charge is -2.36. The smallest absolute Gasteiger partial charge is 0.345 e. The van der Waals surface area contributed by atoms with Gasteiger partial charge in [-0.3, -0.25) is 10.1 Å². The van der Waals surface area contributed by atoms with Gasteiger partial charge in [-0.2, -0.15) is 0 Å². The van der Waals surface area contributed by atoms with Crippen LogP contribution in [0.2, 0.25) is 0 Å². The van der Waals surface area contributed by atoms with E-state index in [0.717, 1.165) is 25.9 Å². The van der Waals surface area contributed by atoms with Crippen molar-refractivity contribution < 1.29 is 14.5 Å². The highest BCUT2D eigenvalue weighted by molar-refractivity contribution is 5.95. The molecule has 22 heavy (non-hydrogen) atoms. The van der Waals surface area contributed by atoms with E-state index in [0.29, 0.717) is 5.56 Å². The second-order valence-corrected chi connectivity index (χ2v) is 6.24. The second-order valence-electron chi connectivity index (χ2n) is 6.24. The maximum Gasteiger partial charge on any atom is 0.345 e. The summed E-state index contributed by atoms with van der Waals surface area (Å²) >= 11 is 0. The number of hydrogen-bond acceptors (Lipinski definition) is 5. The first kappa shape index (κ1) is 16.4. The van der Waals surface area contributed by atoms with Crippen molar-refractivity contribution in [2.75, 3.05) is 13.1 Å². The summed E-state index contributed by atoms with van der Waals surface area (Å²) in [6, 6.07) is 4.59. The van der Waals surface area contributed by atoms with Gasteiger partial charge in [0.15, 0.2) is 0 Å². The molecule has 0 aromatic heterocycles. The third kappa shape index (κ3) is 3.44. The number of ether oxygens (including phenoxy) is 1. The van der Waals surface area contributed by atoms with Crippen LogP contribution in [-0.4, -0.2) is 29.6 Å². The summed E-state index contributed by atoms with van der Waals surface area (Å²) in [5.74, 6) is -0.367. The highest BCUT2D eigenvalue weighted by atomic mass is 16.6. The number of carbonyl (C=O) groups excluding carboxylic acids is 1. The first-order valence-corrected chi connectivity index (χ1v) is 7.51. The van der Waals surface area contributed by atoms with Crippen molar-refractivity contribution in [3.05, 3.63) is 39.4 Å². The topological polar surface area (TPSA) is 81.5 Å². The quantitative estimate of drug-likeness (QED) is 0.525. The van der Waals surface area contributed by atoms with Crippen LogP contribution in [0.25, 0.3) is 0 Å². The predicted octanol–water partition coefficient (Wildman–Crippen LogP) is 2.84. The Morgan fingerprint density at radius 1 is 1.36 bits per heavy atom. The van der Waals surface area contributed by atoms with Gasteiger partial charge in [-0.15, -0.1) is 0 Å². The Balaban J connectivity index is 2.23. The Hall–Kier alpha value is -1.95. The van der Waals surface area contributed by atoms with Gasteiger partial charge < -0.3 is 10.1 Å². The second kappa shape index (κ2) is 6.44. The van der Waals surface area contributed by atoms with Crippen LogP contribution in [0, 0.1) is 23.0 Å². The standard InChI is InChI=1S/C16H22N2O4/c1-11-5-4-6-13(18(20)21)14(11)15(19)22-16(2,3)12-7-9-17-10-8-12/h4-6,12,17H,7-10H2,1-3H3. The summed E-state index contributed by atoms with van der Waals surface area (Å²) in [6.07, 6.45) is 1.85. The maximum atomic E-state index is 12.5. The van der Waals surface area contributed by atoms with Crippen LogP contribution in [0.4, 0.5) is 5.69 Å². The number of nitro groups is 1. The summed E-state index contributed by atoms with van der Waals surface area (Å²) in [4.78, 5) is 23.1. The van der Waals surface area contributed by atoms with Crippen molar-refractivity contribution in [3.8, 4) is 0 Å². The summed E-state index contributed by atoms with van der Waals surface area (Å²) < 4.78 is 5.66. The molecule has 1 aliphatic heterocycles. The van der Waals surface area contributed by atoms with Crippen molar-refractivity contribution in [2.45, 2.75) is 39.2 Å². The molecule has 0 bridgehead atoms. The van der Waals surface area contributed by atoms with E-state index in [1.807, 2.05) is 13.8 Å². The number of carbonyl (C=O) groups is 1. The van der Waals surface area contributed by atoms with E-state index in [-0.39, 0.29) is 17.2 Å². The number of piperidine rings is 1. The predicted molar refractivity (Wildman–Crippen MR) is 82.9 cm³/mol. The van der Waals surface area contributed by atoms with Crippen LogP contribution < -0.4 is 5.32 Å². The monoisotopic (exact) mass is 306 g/mol. The average molecular weight is 306 g/mol. The molecule has 0 amide bonds. The number of aryl methyl sites for hydroxylation is 1. The molecule has 120 valence electrons. The number of nitro benzene ring substituents is 1. The number of rotatable bonds is 4. The fourth-order valence-corrected chi connectivity index (χ4v) is 2.96. The van der Waals surface area contributed by atoms with E-state index in [1.165, 1.54) is 6.07 Å².